The number of nitrogens with zero attached hydrogens (tertiary/aromatic N) is 2. The second kappa shape index (κ2) is 8.38. The Morgan fingerprint density at radius 1 is 0.778 bits per heavy atom. The van der Waals surface area contributed by atoms with Crippen molar-refractivity contribution in [3.05, 3.63) is 0 Å². The number of carbonyl (C=O) groups excluding carboxylic acids is 4. The highest BCUT2D eigenvalue weighted by Gasteiger charge is 2.16. The second-order valence-electron chi connectivity index (χ2n) is 4.08. The SMILES string of the molecule is C.CC(=O)CC(=O)N(C)CN(C)C(=O)CC(C)=O. The van der Waals surface area contributed by atoms with Crippen molar-refractivity contribution in [2.24, 2.45) is 0 Å². The molecule has 18 heavy (non-hydrogen) atoms. The monoisotopic (exact) mass is 258 g/mol. The summed E-state index contributed by atoms with van der Waals surface area (Å²) in [5.41, 5.74) is 0. The van der Waals surface area contributed by atoms with Gasteiger partial charge in [0.1, 0.15) is 11.6 Å². The van der Waals surface area contributed by atoms with Crippen LogP contribution in [0.1, 0.15) is 34.1 Å². The van der Waals surface area contributed by atoms with Gasteiger partial charge in [0, 0.05) is 14.1 Å². The fraction of sp³-hybridized carbons (Fsp3) is 0.667. The van der Waals surface area contributed by atoms with E-state index in [1.165, 1.54) is 37.7 Å². The van der Waals surface area contributed by atoms with Crippen molar-refractivity contribution >= 4 is 23.4 Å². The Balaban J connectivity index is 0. The summed E-state index contributed by atoms with van der Waals surface area (Å²) in [5.74, 6) is -1.14. The quantitative estimate of drug-likeness (QED) is 0.512. The Kier molecular flexibility index (Phi) is 8.68. The Morgan fingerprint density at radius 3 is 1.28 bits per heavy atom. The first kappa shape index (κ1) is 18.6. The molecule has 104 valence electrons. The van der Waals surface area contributed by atoms with Gasteiger partial charge in [0.2, 0.25) is 11.8 Å². The van der Waals surface area contributed by atoms with Gasteiger partial charge in [-0.3, -0.25) is 19.2 Å². The molecule has 0 saturated carbocycles. The average molecular weight is 258 g/mol. The van der Waals surface area contributed by atoms with Crippen LogP contribution in [0.15, 0.2) is 0 Å². The van der Waals surface area contributed by atoms with Crippen molar-refractivity contribution in [1.29, 1.82) is 0 Å². The lowest BCUT2D eigenvalue weighted by atomic mass is 10.3. The summed E-state index contributed by atoms with van der Waals surface area (Å²) in [6.45, 7) is 2.73. The van der Waals surface area contributed by atoms with E-state index in [9.17, 15) is 19.2 Å². The highest BCUT2D eigenvalue weighted by molar-refractivity contribution is 5.98. The standard InChI is InChI=1S/C11H18N2O4.CH4/c1-8(14)5-10(16)12(3)7-13(4)11(17)6-9(2)15;/h5-7H2,1-4H3;1H4. The maximum atomic E-state index is 11.4. The molecule has 0 aliphatic rings. The molecule has 0 spiro atoms. The molecule has 0 rings (SSSR count). The second-order valence-corrected chi connectivity index (χ2v) is 4.08. The number of amides is 2. The molecule has 0 unspecified atom stereocenters. The molecule has 0 N–H and O–H groups in total. The van der Waals surface area contributed by atoms with Crippen LogP contribution >= 0.6 is 0 Å². The summed E-state index contributed by atoms with van der Waals surface area (Å²) in [6.07, 6.45) is -0.351. The van der Waals surface area contributed by atoms with E-state index in [0.29, 0.717) is 0 Å². The zero-order chi connectivity index (χ0) is 13.6. The number of ketones is 2. The predicted octanol–water partition coefficient (Wildman–Crippen LogP) is 0.455. The van der Waals surface area contributed by atoms with Crippen LogP contribution in [0.25, 0.3) is 0 Å². The van der Waals surface area contributed by atoms with Crippen LogP contribution in [0.4, 0.5) is 0 Å². The minimum atomic E-state index is -0.347. The minimum absolute atomic E-state index is 0. The van der Waals surface area contributed by atoms with Crippen molar-refractivity contribution in [3.8, 4) is 0 Å². The lowest BCUT2D eigenvalue weighted by Crippen LogP contribution is -2.41. The lowest BCUT2D eigenvalue weighted by Gasteiger charge is -2.24. The summed E-state index contributed by atoms with van der Waals surface area (Å²) < 4.78 is 0. The molecule has 0 aromatic heterocycles. The van der Waals surface area contributed by atoms with Gasteiger partial charge in [0.05, 0.1) is 19.5 Å². The Labute approximate surface area is 108 Å². The molecule has 0 atom stereocenters. The topological polar surface area (TPSA) is 74.8 Å². The smallest absolute Gasteiger partial charge is 0.231 e. The number of carbonyl (C=O) groups is 4. The summed E-state index contributed by atoms with van der Waals surface area (Å²) in [4.78, 5) is 46.9. The highest BCUT2D eigenvalue weighted by atomic mass is 16.2. The first-order valence-corrected chi connectivity index (χ1v) is 5.20. The molecule has 0 saturated heterocycles. The molecule has 0 heterocycles. The number of rotatable bonds is 6. The largest absolute Gasteiger partial charge is 0.328 e. The van der Waals surface area contributed by atoms with Crippen molar-refractivity contribution in [2.45, 2.75) is 34.1 Å². The van der Waals surface area contributed by atoms with Gasteiger partial charge in [0.15, 0.2) is 0 Å². The zero-order valence-electron chi connectivity index (χ0n) is 10.6. The van der Waals surface area contributed by atoms with Crippen LogP contribution in [0.2, 0.25) is 0 Å². The summed E-state index contributed by atoms with van der Waals surface area (Å²) in [6, 6.07) is 0. The first-order chi connectivity index (χ1) is 7.73. The third kappa shape index (κ3) is 7.54. The van der Waals surface area contributed by atoms with E-state index >= 15 is 0 Å². The van der Waals surface area contributed by atoms with E-state index in [1.54, 1.807) is 0 Å². The van der Waals surface area contributed by atoms with Crippen molar-refractivity contribution in [3.63, 3.8) is 0 Å². The number of Topliss-reactive ketones (excluding diaryl/α,β-unsaturated/α-hetero) is 2. The van der Waals surface area contributed by atoms with Gasteiger partial charge in [-0.15, -0.1) is 0 Å². The van der Waals surface area contributed by atoms with E-state index < -0.39 is 0 Å². The van der Waals surface area contributed by atoms with Crippen LogP contribution < -0.4 is 0 Å². The Bertz CT molecular complexity index is 307. The Morgan fingerprint density at radius 2 is 1.06 bits per heavy atom. The average Bonchev–Trinajstić information content (AvgIpc) is 2.15. The molecule has 0 bridgehead atoms. The molecule has 0 aromatic rings. The zero-order valence-corrected chi connectivity index (χ0v) is 10.6. The molecule has 6 heteroatoms. The minimum Gasteiger partial charge on any atom is -0.328 e. The van der Waals surface area contributed by atoms with Gasteiger partial charge in [-0.1, -0.05) is 7.43 Å². The molecule has 0 aliphatic carbocycles. The molecule has 0 aromatic carbocycles. The van der Waals surface area contributed by atoms with Crippen LogP contribution in [-0.2, 0) is 19.2 Å². The normalized spacial score (nSPS) is 9.11. The molecular weight excluding hydrogens is 236 g/mol. The van der Waals surface area contributed by atoms with Crippen molar-refractivity contribution in [1.82, 2.24) is 9.80 Å². The van der Waals surface area contributed by atoms with Gasteiger partial charge < -0.3 is 9.80 Å². The van der Waals surface area contributed by atoms with E-state index in [2.05, 4.69) is 0 Å². The van der Waals surface area contributed by atoms with Crippen LogP contribution in [0.5, 0.6) is 0 Å². The summed E-state index contributed by atoms with van der Waals surface area (Å²) in [5, 5.41) is 0. The molecule has 0 aliphatic heterocycles. The molecule has 6 nitrogen and oxygen atoms in total. The van der Waals surface area contributed by atoms with Gasteiger partial charge >= 0.3 is 0 Å². The van der Waals surface area contributed by atoms with Gasteiger partial charge in [-0.2, -0.15) is 0 Å². The fourth-order valence-corrected chi connectivity index (χ4v) is 1.17. The molecule has 0 fully saturated rings. The maximum absolute atomic E-state index is 11.4. The van der Waals surface area contributed by atoms with Crippen LogP contribution in [0.3, 0.4) is 0 Å². The van der Waals surface area contributed by atoms with Crippen molar-refractivity contribution < 1.29 is 19.2 Å². The van der Waals surface area contributed by atoms with Crippen LogP contribution in [-0.4, -0.2) is 53.9 Å². The van der Waals surface area contributed by atoms with Gasteiger partial charge in [0.25, 0.3) is 0 Å². The molecule has 2 amide bonds. The summed E-state index contributed by atoms with van der Waals surface area (Å²) >= 11 is 0. The maximum Gasteiger partial charge on any atom is 0.231 e. The molecular formula is C12H22N2O4. The van der Waals surface area contributed by atoms with Gasteiger partial charge in [-0.25, -0.2) is 0 Å². The van der Waals surface area contributed by atoms with E-state index in [1.807, 2.05) is 0 Å². The van der Waals surface area contributed by atoms with Crippen molar-refractivity contribution in [2.75, 3.05) is 20.8 Å². The van der Waals surface area contributed by atoms with E-state index in [4.69, 9.17) is 0 Å². The number of hydrogen-bond donors (Lipinski definition) is 0. The molecule has 0 radical (unpaired) electrons. The van der Waals surface area contributed by atoms with Crippen LogP contribution in [0, 0.1) is 0 Å². The summed E-state index contributed by atoms with van der Waals surface area (Å²) in [7, 11) is 3.01. The Hall–Kier alpha value is -1.72. The van der Waals surface area contributed by atoms with Gasteiger partial charge in [-0.05, 0) is 13.8 Å². The van der Waals surface area contributed by atoms with E-state index in [-0.39, 0.29) is 50.3 Å². The van der Waals surface area contributed by atoms with E-state index in [0.717, 1.165) is 0 Å². The highest BCUT2D eigenvalue weighted by Crippen LogP contribution is 1.97. The lowest BCUT2D eigenvalue weighted by molar-refractivity contribution is -0.139. The fourth-order valence-electron chi connectivity index (χ4n) is 1.17. The predicted molar refractivity (Wildman–Crippen MR) is 67.7 cm³/mol. The first-order valence-electron chi connectivity index (χ1n) is 5.20. The number of hydrogen-bond acceptors (Lipinski definition) is 4. The third-order valence-corrected chi connectivity index (χ3v) is 2.08. The third-order valence-electron chi connectivity index (χ3n) is 2.08.